The lowest BCUT2D eigenvalue weighted by Gasteiger charge is -2.41. The van der Waals surface area contributed by atoms with Gasteiger partial charge in [-0.05, 0) is 34.5 Å². The summed E-state index contributed by atoms with van der Waals surface area (Å²) in [6, 6.07) is 13.0. The monoisotopic (exact) mass is 350 g/mol. The Labute approximate surface area is 132 Å². The van der Waals surface area contributed by atoms with E-state index in [2.05, 4.69) is 74.8 Å². The van der Waals surface area contributed by atoms with E-state index < -0.39 is 0 Å². The van der Waals surface area contributed by atoms with E-state index in [1.54, 1.807) is 0 Å². The molecule has 1 fully saturated rings. The van der Waals surface area contributed by atoms with Crippen LogP contribution in [0, 0.1) is 0 Å². The molecule has 1 atom stereocenters. The maximum absolute atomic E-state index is 3.69. The lowest BCUT2D eigenvalue weighted by molar-refractivity contribution is 0.137. The molecule has 106 valence electrons. The van der Waals surface area contributed by atoms with Crippen molar-refractivity contribution in [3.63, 3.8) is 0 Å². The minimum Gasteiger partial charge on any atom is -0.305 e. The lowest BCUT2D eigenvalue weighted by atomic mass is 9.89. The van der Waals surface area contributed by atoms with Gasteiger partial charge in [0.15, 0.2) is 0 Å². The van der Waals surface area contributed by atoms with Gasteiger partial charge in [-0.1, -0.05) is 30.3 Å². The number of thiophene rings is 1. The van der Waals surface area contributed by atoms with Gasteiger partial charge in [0.05, 0.1) is 5.54 Å². The fourth-order valence-corrected chi connectivity index (χ4v) is 4.36. The number of halogens is 1. The number of nitrogens with zero attached hydrogens (tertiary/aromatic N) is 1. The van der Waals surface area contributed by atoms with E-state index in [1.165, 1.54) is 14.9 Å². The highest BCUT2D eigenvalue weighted by Gasteiger charge is 2.32. The van der Waals surface area contributed by atoms with Gasteiger partial charge in [-0.3, -0.25) is 4.90 Å². The van der Waals surface area contributed by atoms with Crippen molar-refractivity contribution in [1.29, 1.82) is 0 Å². The molecule has 1 aliphatic rings. The van der Waals surface area contributed by atoms with Crippen LogP contribution in [0.3, 0.4) is 0 Å². The van der Waals surface area contributed by atoms with Crippen LogP contribution in [0.25, 0.3) is 0 Å². The SMILES string of the molecule is CC1(c2ccccc2)CN(Cc2cc(Br)cs2)CCN1. The highest BCUT2D eigenvalue weighted by molar-refractivity contribution is 9.10. The maximum atomic E-state index is 3.69. The van der Waals surface area contributed by atoms with Crippen molar-refractivity contribution in [3.8, 4) is 0 Å². The second kappa shape index (κ2) is 5.98. The van der Waals surface area contributed by atoms with Gasteiger partial charge in [-0.2, -0.15) is 0 Å². The molecule has 1 unspecified atom stereocenters. The summed E-state index contributed by atoms with van der Waals surface area (Å²) in [6.45, 7) is 6.54. The third-order valence-corrected chi connectivity index (χ3v) is 5.58. The van der Waals surface area contributed by atoms with Gasteiger partial charge < -0.3 is 5.32 Å². The van der Waals surface area contributed by atoms with E-state index in [9.17, 15) is 0 Å². The molecule has 0 saturated carbocycles. The molecule has 1 N–H and O–H groups in total. The molecule has 4 heteroatoms. The van der Waals surface area contributed by atoms with Gasteiger partial charge in [0, 0.05) is 40.9 Å². The first kappa shape index (κ1) is 14.3. The molecule has 0 amide bonds. The van der Waals surface area contributed by atoms with E-state index in [4.69, 9.17) is 0 Å². The van der Waals surface area contributed by atoms with Gasteiger partial charge in [-0.15, -0.1) is 11.3 Å². The molecule has 3 rings (SSSR count). The number of piperazine rings is 1. The predicted molar refractivity (Wildman–Crippen MR) is 89.1 cm³/mol. The minimum atomic E-state index is 0.0496. The van der Waals surface area contributed by atoms with Gasteiger partial charge >= 0.3 is 0 Å². The first-order valence-electron chi connectivity index (χ1n) is 6.91. The summed E-state index contributed by atoms with van der Waals surface area (Å²) in [4.78, 5) is 3.97. The fraction of sp³-hybridized carbons (Fsp3) is 0.375. The zero-order chi connectivity index (χ0) is 14.0. The molecule has 20 heavy (non-hydrogen) atoms. The molecule has 2 aromatic rings. The molecule has 1 aromatic heterocycles. The molecule has 0 bridgehead atoms. The molecule has 0 radical (unpaired) electrons. The van der Waals surface area contributed by atoms with Gasteiger partial charge in [0.2, 0.25) is 0 Å². The van der Waals surface area contributed by atoms with Crippen LogP contribution < -0.4 is 5.32 Å². The van der Waals surface area contributed by atoms with E-state index in [0.29, 0.717) is 0 Å². The topological polar surface area (TPSA) is 15.3 Å². The van der Waals surface area contributed by atoms with Gasteiger partial charge in [0.25, 0.3) is 0 Å². The normalized spacial score (nSPS) is 23.9. The Kier molecular flexibility index (Phi) is 4.26. The highest BCUT2D eigenvalue weighted by Crippen LogP contribution is 2.27. The molecular weight excluding hydrogens is 332 g/mol. The third kappa shape index (κ3) is 3.14. The summed E-state index contributed by atoms with van der Waals surface area (Å²) in [5.41, 5.74) is 1.42. The van der Waals surface area contributed by atoms with Crippen molar-refractivity contribution in [1.82, 2.24) is 10.2 Å². The largest absolute Gasteiger partial charge is 0.305 e. The fourth-order valence-electron chi connectivity index (χ4n) is 2.86. The lowest BCUT2D eigenvalue weighted by Crippen LogP contribution is -2.56. The molecule has 1 saturated heterocycles. The molecule has 1 aromatic carbocycles. The number of rotatable bonds is 3. The van der Waals surface area contributed by atoms with Crippen LogP contribution in [-0.2, 0) is 12.1 Å². The van der Waals surface area contributed by atoms with Crippen molar-refractivity contribution >= 4 is 27.3 Å². The molecule has 0 aliphatic carbocycles. The molecule has 0 spiro atoms. The summed E-state index contributed by atoms with van der Waals surface area (Å²) in [7, 11) is 0. The third-order valence-electron chi connectivity index (χ3n) is 3.90. The van der Waals surface area contributed by atoms with Crippen LogP contribution in [0.15, 0.2) is 46.3 Å². The second-order valence-electron chi connectivity index (χ2n) is 5.57. The Hall–Kier alpha value is -0.680. The Morgan fingerprint density at radius 2 is 2.15 bits per heavy atom. The molecule has 1 aliphatic heterocycles. The van der Waals surface area contributed by atoms with Crippen LogP contribution in [0.5, 0.6) is 0 Å². The summed E-state index contributed by atoms with van der Waals surface area (Å²) in [5, 5.41) is 5.85. The highest BCUT2D eigenvalue weighted by atomic mass is 79.9. The quantitative estimate of drug-likeness (QED) is 0.904. The van der Waals surface area contributed by atoms with Gasteiger partial charge in [-0.25, -0.2) is 0 Å². The van der Waals surface area contributed by atoms with E-state index in [-0.39, 0.29) is 5.54 Å². The van der Waals surface area contributed by atoms with E-state index >= 15 is 0 Å². The number of hydrogen-bond acceptors (Lipinski definition) is 3. The van der Waals surface area contributed by atoms with Crippen LogP contribution in [-0.4, -0.2) is 24.5 Å². The summed E-state index contributed by atoms with van der Waals surface area (Å²) < 4.78 is 1.19. The molecular formula is C16H19BrN2S. The maximum Gasteiger partial charge on any atom is 0.0535 e. The zero-order valence-corrected chi connectivity index (χ0v) is 14.0. The minimum absolute atomic E-state index is 0.0496. The molecule has 2 heterocycles. The van der Waals surface area contributed by atoms with Crippen molar-refractivity contribution in [3.05, 3.63) is 56.7 Å². The average Bonchev–Trinajstić information content (AvgIpc) is 2.85. The summed E-state index contributed by atoms with van der Waals surface area (Å²) >= 11 is 5.37. The van der Waals surface area contributed by atoms with Crippen molar-refractivity contribution < 1.29 is 0 Å². The van der Waals surface area contributed by atoms with Crippen molar-refractivity contribution in [2.75, 3.05) is 19.6 Å². The first-order chi connectivity index (χ1) is 9.66. The number of benzene rings is 1. The second-order valence-corrected chi connectivity index (χ2v) is 7.48. The average molecular weight is 351 g/mol. The zero-order valence-electron chi connectivity index (χ0n) is 11.6. The smallest absolute Gasteiger partial charge is 0.0535 e. The van der Waals surface area contributed by atoms with Crippen LogP contribution in [0.2, 0.25) is 0 Å². The van der Waals surface area contributed by atoms with Crippen molar-refractivity contribution in [2.45, 2.75) is 19.0 Å². The van der Waals surface area contributed by atoms with Crippen LogP contribution >= 0.6 is 27.3 Å². The predicted octanol–water partition coefficient (Wildman–Crippen LogP) is 3.83. The Morgan fingerprint density at radius 1 is 1.35 bits per heavy atom. The molecule has 2 nitrogen and oxygen atoms in total. The number of nitrogens with one attached hydrogen (secondary N) is 1. The Morgan fingerprint density at radius 3 is 2.85 bits per heavy atom. The van der Waals surface area contributed by atoms with Crippen LogP contribution in [0.4, 0.5) is 0 Å². The van der Waals surface area contributed by atoms with E-state index in [1.807, 2.05) is 11.3 Å². The van der Waals surface area contributed by atoms with Gasteiger partial charge in [0.1, 0.15) is 0 Å². The first-order valence-corrected chi connectivity index (χ1v) is 8.59. The number of hydrogen-bond donors (Lipinski definition) is 1. The van der Waals surface area contributed by atoms with Crippen molar-refractivity contribution in [2.24, 2.45) is 0 Å². The van der Waals surface area contributed by atoms with E-state index in [0.717, 1.165) is 26.2 Å². The Bertz CT molecular complexity index is 569. The van der Waals surface area contributed by atoms with Crippen LogP contribution in [0.1, 0.15) is 17.4 Å². The summed E-state index contributed by atoms with van der Waals surface area (Å²) in [5.74, 6) is 0. The Balaban J connectivity index is 1.73. The standard InChI is InChI=1S/C16H19BrN2S/c1-16(13-5-3-2-4-6-13)12-19(8-7-18-16)10-15-9-14(17)11-20-15/h2-6,9,11,18H,7-8,10,12H2,1H3. The summed E-state index contributed by atoms with van der Waals surface area (Å²) in [6.07, 6.45) is 0.